The van der Waals surface area contributed by atoms with E-state index in [9.17, 15) is 9.59 Å². The number of nitrogens with one attached hydrogen (secondary N) is 1. The highest BCUT2D eigenvalue weighted by atomic mass is 79.9. The van der Waals surface area contributed by atoms with Crippen molar-refractivity contribution in [3.05, 3.63) is 28.2 Å². The van der Waals surface area contributed by atoms with Crippen LogP contribution in [0.2, 0.25) is 0 Å². The lowest BCUT2D eigenvalue weighted by atomic mass is 10.2. The van der Waals surface area contributed by atoms with Crippen molar-refractivity contribution in [1.82, 2.24) is 4.90 Å². The Balaban J connectivity index is 2.68. The van der Waals surface area contributed by atoms with E-state index in [0.717, 1.165) is 10.0 Å². The van der Waals surface area contributed by atoms with Crippen molar-refractivity contribution in [3.8, 4) is 0 Å². The van der Waals surface area contributed by atoms with E-state index in [1.807, 2.05) is 39.0 Å². The third kappa shape index (κ3) is 5.33. The molecule has 0 heterocycles. The van der Waals surface area contributed by atoms with Gasteiger partial charge in [0.1, 0.15) is 0 Å². The van der Waals surface area contributed by atoms with Crippen molar-refractivity contribution in [2.75, 3.05) is 18.4 Å². The third-order valence-corrected chi connectivity index (χ3v) is 3.42. The number of anilines is 1. The van der Waals surface area contributed by atoms with Crippen molar-refractivity contribution in [2.45, 2.75) is 27.7 Å². The van der Waals surface area contributed by atoms with Crippen LogP contribution >= 0.6 is 15.9 Å². The van der Waals surface area contributed by atoms with Crippen LogP contribution < -0.4 is 5.32 Å². The van der Waals surface area contributed by atoms with Crippen LogP contribution in [0.5, 0.6) is 0 Å². The third-order valence-electron chi connectivity index (χ3n) is 2.76. The molecule has 0 spiro atoms. The number of carbonyl (C=O) groups excluding carboxylic acids is 2. The van der Waals surface area contributed by atoms with E-state index in [1.54, 1.807) is 4.90 Å². The Morgan fingerprint density at radius 3 is 2.50 bits per heavy atom. The lowest BCUT2D eigenvalue weighted by molar-refractivity contribution is -0.133. The molecule has 1 aromatic rings. The molecule has 110 valence electrons. The van der Waals surface area contributed by atoms with Crippen molar-refractivity contribution in [3.63, 3.8) is 0 Å². The minimum Gasteiger partial charge on any atom is -0.333 e. The minimum absolute atomic E-state index is 0.0772. The van der Waals surface area contributed by atoms with Crippen LogP contribution in [-0.2, 0) is 9.59 Å². The predicted molar refractivity (Wildman–Crippen MR) is 84.6 cm³/mol. The maximum Gasteiger partial charge on any atom is 0.244 e. The number of hydrogen-bond donors (Lipinski definition) is 1. The van der Waals surface area contributed by atoms with Gasteiger partial charge in [0, 0.05) is 17.9 Å². The molecule has 4 nitrogen and oxygen atoms in total. The topological polar surface area (TPSA) is 49.4 Å². The number of benzene rings is 1. The summed E-state index contributed by atoms with van der Waals surface area (Å²) < 4.78 is 0.837. The summed E-state index contributed by atoms with van der Waals surface area (Å²) >= 11 is 3.42. The molecule has 0 saturated heterocycles. The molecule has 0 aromatic heterocycles. The molecule has 0 aliphatic carbocycles. The second-order valence-electron chi connectivity index (χ2n) is 5.32. The first-order valence-electron chi connectivity index (χ1n) is 6.61. The molecule has 1 aromatic carbocycles. The summed E-state index contributed by atoms with van der Waals surface area (Å²) in [6.45, 7) is 8.16. The van der Waals surface area contributed by atoms with Crippen LogP contribution in [0, 0.1) is 12.8 Å². The van der Waals surface area contributed by atoms with E-state index in [-0.39, 0.29) is 18.4 Å². The van der Waals surface area contributed by atoms with Gasteiger partial charge in [-0.15, -0.1) is 0 Å². The molecule has 0 atom stereocenters. The fraction of sp³-hybridized carbons (Fsp3) is 0.467. The van der Waals surface area contributed by atoms with Gasteiger partial charge < -0.3 is 10.2 Å². The second kappa shape index (κ2) is 7.43. The molecule has 0 bridgehead atoms. The maximum absolute atomic E-state index is 12.0. The van der Waals surface area contributed by atoms with E-state index in [2.05, 4.69) is 21.2 Å². The van der Waals surface area contributed by atoms with Crippen LogP contribution in [0.15, 0.2) is 22.7 Å². The van der Waals surface area contributed by atoms with Crippen LogP contribution in [0.3, 0.4) is 0 Å². The summed E-state index contributed by atoms with van der Waals surface area (Å²) in [4.78, 5) is 25.1. The van der Waals surface area contributed by atoms with Gasteiger partial charge in [0.2, 0.25) is 11.8 Å². The smallest absolute Gasteiger partial charge is 0.244 e. The Kier molecular flexibility index (Phi) is 6.20. The highest BCUT2D eigenvalue weighted by Crippen LogP contribution is 2.23. The maximum atomic E-state index is 12.0. The number of amides is 2. The molecule has 1 N–H and O–H groups in total. The normalized spacial score (nSPS) is 10.5. The van der Waals surface area contributed by atoms with Gasteiger partial charge in [-0.3, -0.25) is 9.59 Å². The Morgan fingerprint density at radius 1 is 1.35 bits per heavy atom. The number of nitrogens with zero attached hydrogens (tertiary/aromatic N) is 1. The van der Waals surface area contributed by atoms with Gasteiger partial charge in [-0.2, -0.15) is 0 Å². The Morgan fingerprint density at radius 2 is 2.00 bits per heavy atom. The van der Waals surface area contributed by atoms with E-state index < -0.39 is 0 Å². The molecule has 0 fully saturated rings. The van der Waals surface area contributed by atoms with Gasteiger partial charge in [0.05, 0.1) is 12.2 Å². The number of halogens is 1. The summed E-state index contributed by atoms with van der Waals surface area (Å²) in [5.74, 6) is 0.0556. The number of aryl methyl sites for hydroxylation is 1. The zero-order valence-corrected chi connectivity index (χ0v) is 14.0. The molecule has 5 heteroatoms. The number of carbonyl (C=O) groups is 2. The van der Waals surface area contributed by atoms with Crippen molar-refractivity contribution >= 4 is 33.4 Å². The zero-order chi connectivity index (χ0) is 15.3. The van der Waals surface area contributed by atoms with Crippen molar-refractivity contribution in [1.29, 1.82) is 0 Å². The van der Waals surface area contributed by atoms with E-state index in [4.69, 9.17) is 0 Å². The lowest BCUT2D eigenvalue weighted by Gasteiger charge is -2.22. The number of rotatable bonds is 5. The van der Waals surface area contributed by atoms with Gasteiger partial charge in [0.25, 0.3) is 0 Å². The molecular formula is C15H21BrN2O2. The summed E-state index contributed by atoms with van der Waals surface area (Å²) in [5, 5.41) is 2.82. The van der Waals surface area contributed by atoms with Gasteiger partial charge in [-0.25, -0.2) is 0 Å². The zero-order valence-electron chi connectivity index (χ0n) is 12.4. The summed E-state index contributed by atoms with van der Waals surface area (Å²) in [6.07, 6.45) is 0. The van der Waals surface area contributed by atoms with Crippen LogP contribution in [0.4, 0.5) is 5.69 Å². The largest absolute Gasteiger partial charge is 0.333 e. The fourth-order valence-corrected chi connectivity index (χ4v) is 2.42. The fourth-order valence-electron chi connectivity index (χ4n) is 1.83. The van der Waals surface area contributed by atoms with Crippen LogP contribution in [0.1, 0.15) is 26.3 Å². The summed E-state index contributed by atoms with van der Waals surface area (Å²) in [5.41, 5.74) is 1.83. The Hall–Kier alpha value is -1.36. The molecule has 0 unspecified atom stereocenters. The first kappa shape index (κ1) is 16.7. The lowest BCUT2D eigenvalue weighted by Crippen LogP contribution is -2.38. The van der Waals surface area contributed by atoms with Crippen LogP contribution in [0.25, 0.3) is 0 Å². The molecule has 0 aliphatic rings. The highest BCUT2D eigenvalue weighted by molar-refractivity contribution is 9.10. The molecule has 0 radical (unpaired) electrons. The molecule has 2 amide bonds. The first-order chi connectivity index (χ1) is 9.29. The van der Waals surface area contributed by atoms with Gasteiger partial charge in [-0.05, 0) is 46.5 Å². The molecule has 1 rings (SSSR count). The second-order valence-corrected chi connectivity index (χ2v) is 6.18. The van der Waals surface area contributed by atoms with Gasteiger partial charge >= 0.3 is 0 Å². The Bertz CT molecular complexity index is 501. The predicted octanol–water partition coefficient (Wildman–Crippen LogP) is 3.20. The Labute approximate surface area is 128 Å². The van der Waals surface area contributed by atoms with E-state index >= 15 is 0 Å². The average molecular weight is 341 g/mol. The summed E-state index contributed by atoms with van der Waals surface area (Å²) in [7, 11) is 0. The van der Waals surface area contributed by atoms with Gasteiger partial charge in [0.15, 0.2) is 0 Å². The molecular weight excluding hydrogens is 320 g/mol. The molecule has 0 saturated carbocycles. The monoisotopic (exact) mass is 340 g/mol. The van der Waals surface area contributed by atoms with Crippen molar-refractivity contribution < 1.29 is 9.59 Å². The summed E-state index contributed by atoms with van der Waals surface area (Å²) in [6, 6.07) is 5.71. The average Bonchev–Trinajstić information content (AvgIpc) is 2.31. The van der Waals surface area contributed by atoms with Gasteiger partial charge in [-0.1, -0.05) is 19.9 Å². The van der Waals surface area contributed by atoms with E-state index in [1.165, 1.54) is 6.92 Å². The highest BCUT2D eigenvalue weighted by Gasteiger charge is 2.15. The number of hydrogen-bond acceptors (Lipinski definition) is 2. The molecule has 20 heavy (non-hydrogen) atoms. The molecule has 0 aliphatic heterocycles. The quantitative estimate of drug-likeness (QED) is 0.894. The van der Waals surface area contributed by atoms with Crippen LogP contribution in [-0.4, -0.2) is 29.8 Å². The van der Waals surface area contributed by atoms with E-state index in [0.29, 0.717) is 18.2 Å². The van der Waals surface area contributed by atoms with Crippen molar-refractivity contribution in [2.24, 2.45) is 5.92 Å². The SMILES string of the molecule is CC(=O)N(CC(=O)Nc1ccc(C)cc1Br)CC(C)C. The standard InChI is InChI=1S/C15H21BrN2O2/c1-10(2)8-18(12(4)19)9-15(20)17-14-6-5-11(3)7-13(14)16/h5-7,10H,8-9H2,1-4H3,(H,17,20). The first-order valence-corrected chi connectivity index (χ1v) is 7.40. The minimum atomic E-state index is -0.189.